The Morgan fingerprint density at radius 3 is 2.81 bits per heavy atom. The number of fused-ring (bicyclic) bond motifs is 2. The quantitative estimate of drug-likeness (QED) is 0.420. The van der Waals surface area contributed by atoms with Gasteiger partial charge in [0.1, 0.15) is 29.5 Å². The minimum atomic E-state index is -0.555. The third kappa shape index (κ3) is 3.89. The Hall–Kier alpha value is -4.17. The number of anilines is 1. The molecule has 4 aromatic rings. The van der Waals surface area contributed by atoms with Gasteiger partial charge in [-0.1, -0.05) is 11.6 Å². The fourth-order valence-corrected chi connectivity index (χ4v) is 4.87. The second-order valence-corrected chi connectivity index (χ2v) is 9.41. The van der Waals surface area contributed by atoms with Gasteiger partial charge in [-0.2, -0.15) is 10.2 Å². The van der Waals surface area contributed by atoms with Crippen LogP contribution in [0.3, 0.4) is 0 Å². The van der Waals surface area contributed by atoms with E-state index >= 15 is 0 Å². The van der Waals surface area contributed by atoms with Gasteiger partial charge in [0, 0.05) is 38.9 Å². The number of aromatic nitrogens is 5. The van der Waals surface area contributed by atoms with Crippen LogP contribution in [-0.4, -0.2) is 42.8 Å². The van der Waals surface area contributed by atoms with Crippen LogP contribution in [0.2, 0.25) is 0 Å². The molecule has 1 atom stereocenters. The van der Waals surface area contributed by atoms with E-state index in [1.165, 1.54) is 4.57 Å². The van der Waals surface area contributed by atoms with Gasteiger partial charge >= 0.3 is 5.69 Å². The first-order chi connectivity index (χ1) is 17.3. The third-order valence-corrected chi connectivity index (χ3v) is 6.57. The molecule has 5 heterocycles. The summed E-state index contributed by atoms with van der Waals surface area (Å²) in [5, 5.41) is 10.2. The lowest BCUT2D eigenvalue weighted by Crippen LogP contribution is -2.44. The number of pyridine rings is 1. The third-order valence-electron chi connectivity index (χ3n) is 6.57. The van der Waals surface area contributed by atoms with Gasteiger partial charge in [0.25, 0.3) is 5.56 Å². The maximum atomic E-state index is 13.9. The molecule has 0 spiro atoms. The standard InChI is InChI=1S/C25H28N8O3/c1-15(2)8-11-32-21-20(17(12-26)23(32)31-10-5-6-16(27)13-31)30(3)25(35)33(24(21)34)14-19-29-22-18(36-19)7-4-9-28-22/h4,7-9,16H,5-6,10-11,13-14,27H2,1-3H3. The molecule has 1 aliphatic heterocycles. The number of aryl methyl sites for hydroxylation is 1. The highest BCUT2D eigenvalue weighted by atomic mass is 16.3. The van der Waals surface area contributed by atoms with Crippen LogP contribution >= 0.6 is 0 Å². The highest BCUT2D eigenvalue weighted by Crippen LogP contribution is 2.32. The normalized spacial score (nSPS) is 16.0. The van der Waals surface area contributed by atoms with Crippen molar-refractivity contribution in [3.63, 3.8) is 0 Å². The Kier molecular flexibility index (Phi) is 5.97. The zero-order chi connectivity index (χ0) is 25.6. The predicted octanol–water partition coefficient (Wildman–Crippen LogP) is 1.85. The maximum absolute atomic E-state index is 13.9. The van der Waals surface area contributed by atoms with Crippen LogP contribution in [0.5, 0.6) is 0 Å². The fraction of sp³-hybridized carbons (Fsp3) is 0.400. The van der Waals surface area contributed by atoms with E-state index in [-0.39, 0.29) is 24.0 Å². The zero-order valence-corrected chi connectivity index (χ0v) is 20.6. The summed E-state index contributed by atoms with van der Waals surface area (Å²) in [7, 11) is 1.58. The van der Waals surface area contributed by atoms with Crippen LogP contribution in [-0.2, 0) is 20.1 Å². The van der Waals surface area contributed by atoms with E-state index in [0.717, 1.165) is 23.0 Å². The van der Waals surface area contributed by atoms with Crippen molar-refractivity contribution in [1.82, 2.24) is 23.7 Å². The number of hydrogen-bond donors (Lipinski definition) is 1. The van der Waals surface area contributed by atoms with Crippen LogP contribution in [0.1, 0.15) is 38.1 Å². The SMILES string of the molecule is CC(C)=CCn1c(N2CCCC(N)C2)c(C#N)c2c1c(=O)n(Cc1nc3ncccc3o1)c(=O)n2C. The Labute approximate surface area is 206 Å². The summed E-state index contributed by atoms with van der Waals surface area (Å²) in [6.45, 7) is 5.45. The van der Waals surface area contributed by atoms with E-state index in [2.05, 4.69) is 20.9 Å². The Morgan fingerprint density at radius 1 is 1.31 bits per heavy atom. The van der Waals surface area contributed by atoms with Gasteiger partial charge < -0.3 is 19.6 Å². The number of nitrogens with two attached hydrogens (primary N) is 1. The lowest BCUT2D eigenvalue weighted by atomic mass is 10.1. The van der Waals surface area contributed by atoms with Gasteiger partial charge in [0.2, 0.25) is 5.89 Å². The topological polar surface area (TPSA) is 141 Å². The monoisotopic (exact) mass is 488 g/mol. The van der Waals surface area contributed by atoms with E-state index in [1.54, 1.807) is 25.4 Å². The lowest BCUT2D eigenvalue weighted by Gasteiger charge is -2.33. The molecule has 0 aromatic carbocycles. The van der Waals surface area contributed by atoms with Crippen molar-refractivity contribution in [1.29, 1.82) is 5.26 Å². The predicted molar refractivity (Wildman–Crippen MR) is 136 cm³/mol. The molecule has 1 unspecified atom stereocenters. The van der Waals surface area contributed by atoms with Crippen LogP contribution in [0, 0.1) is 11.3 Å². The molecular weight excluding hydrogens is 460 g/mol. The van der Waals surface area contributed by atoms with Gasteiger partial charge in [-0.15, -0.1) is 0 Å². The zero-order valence-electron chi connectivity index (χ0n) is 20.6. The fourth-order valence-electron chi connectivity index (χ4n) is 4.87. The number of piperidine rings is 1. The summed E-state index contributed by atoms with van der Waals surface area (Å²) in [6, 6.07) is 5.68. The lowest BCUT2D eigenvalue weighted by molar-refractivity contribution is 0.491. The van der Waals surface area contributed by atoms with E-state index in [1.807, 2.05) is 24.5 Å². The van der Waals surface area contributed by atoms with Gasteiger partial charge in [-0.25, -0.2) is 14.3 Å². The number of nitriles is 1. The second kappa shape index (κ2) is 9.13. The van der Waals surface area contributed by atoms with Gasteiger partial charge in [0.15, 0.2) is 11.2 Å². The molecular formula is C25H28N8O3. The molecule has 36 heavy (non-hydrogen) atoms. The molecule has 1 aliphatic rings. The van der Waals surface area contributed by atoms with Crippen LogP contribution in [0.25, 0.3) is 22.3 Å². The molecule has 2 N–H and O–H groups in total. The first-order valence-corrected chi connectivity index (χ1v) is 11.9. The number of allylic oxidation sites excluding steroid dienone is 2. The van der Waals surface area contributed by atoms with E-state index in [9.17, 15) is 14.9 Å². The van der Waals surface area contributed by atoms with Crippen molar-refractivity contribution in [3.8, 4) is 6.07 Å². The number of oxazole rings is 1. The summed E-state index contributed by atoms with van der Waals surface area (Å²) in [6.07, 6.45) is 5.37. The first kappa shape index (κ1) is 23.6. The number of hydrogen-bond acceptors (Lipinski definition) is 8. The Bertz CT molecular complexity index is 1630. The Balaban J connectivity index is 1.77. The van der Waals surface area contributed by atoms with Crippen molar-refractivity contribution in [2.45, 2.75) is 45.8 Å². The summed E-state index contributed by atoms with van der Waals surface area (Å²) >= 11 is 0. The molecule has 186 valence electrons. The molecule has 0 radical (unpaired) electrons. The van der Waals surface area contributed by atoms with Gasteiger partial charge in [-0.3, -0.25) is 9.36 Å². The second-order valence-electron chi connectivity index (χ2n) is 9.41. The minimum absolute atomic E-state index is 0.0338. The highest BCUT2D eigenvalue weighted by Gasteiger charge is 2.30. The van der Waals surface area contributed by atoms with Gasteiger partial charge in [-0.05, 0) is 38.8 Å². The first-order valence-electron chi connectivity index (χ1n) is 11.9. The van der Waals surface area contributed by atoms with Crippen molar-refractivity contribution >= 4 is 28.1 Å². The molecule has 0 saturated carbocycles. The maximum Gasteiger partial charge on any atom is 0.331 e. The molecule has 11 heteroatoms. The van der Waals surface area contributed by atoms with E-state index in [0.29, 0.717) is 47.8 Å². The number of nitrogens with zero attached hydrogens (tertiary/aromatic N) is 7. The molecule has 1 fully saturated rings. The van der Waals surface area contributed by atoms with Crippen LogP contribution < -0.4 is 21.9 Å². The largest absolute Gasteiger partial charge is 0.437 e. The minimum Gasteiger partial charge on any atom is -0.437 e. The summed E-state index contributed by atoms with van der Waals surface area (Å²) < 4.78 is 10.0. The van der Waals surface area contributed by atoms with Crippen molar-refractivity contribution in [2.24, 2.45) is 12.8 Å². The molecule has 5 rings (SSSR count). The van der Waals surface area contributed by atoms with Gasteiger partial charge in [0.05, 0.1) is 5.52 Å². The number of rotatable bonds is 5. The van der Waals surface area contributed by atoms with Crippen molar-refractivity contribution in [3.05, 3.63) is 62.3 Å². The average molecular weight is 489 g/mol. The smallest absolute Gasteiger partial charge is 0.331 e. The average Bonchev–Trinajstić information content (AvgIpc) is 3.42. The Morgan fingerprint density at radius 2 is 2.11 bits per heavy atom. The van der Waals surface area contributed by atoms with E-state index < -0.39 is 11.2 Å². The molecule has 4 aromatic heterocycles. The molecule has 0 aliphatic carbocycles. The van der Waals surface area contributed by atoms with E-state index in [4.69, 9.17) is 10.2 Å². The van der Waals surface area contributed by atoms with Crippen LogP contribution in [0.15, 0.2) is 44.0 Å². The summed E-state index contributed by atoms with van der Waals surface area (Å²) in [5.74, 6) is 0.823. The summed E-state index contributed by atoms with van der Waals surface area (Å²) in [4.78, 5) is 37.8. The summed E-state index contributed by atoms with van der Waals surface area (Å²) in [5.41, 5.74) is 8.05. The van der Waals surface area contributed by atoms with Crippen molar-refractivity contribution < 1.29 is 4.42 Å². The van der Waals surface area contributed by atoms with Crippen LogP contribution in [0.4, 0.5) is 5.82 Å². The highest BCUT2D eigenvalue weighted by molar-refractivity contribution is 5.90. The molecule has 1 saturated heterocycles. The molecule has 0 bridgehead atoms. The van der Waals surface area contributed by atoms with Crippen molar-refractivity contribution in [2.75, 3.05) is 18.0 Å². The molecule has 0 amide bonds. The molecule has 11 nitrogen and oxygen atoms in total.